The number of ether oxygens (including phenoxy) is 2. The van der Waals surface area contributed by atoms with Crippen molar-refractivity contribution in [2.45, 2.75) is 47.7 Å². The predicted octanol–water partition coefficient (Wildman–Crippen LogP) is 10.4. The fraction of sp³-hybridized carbons (Fsp3) is 0.143. The Kier molecular flexibility index (Phi) is 8.97. The van der Waals surface area contributed by atoms with Gasteiger partial charge in [0, 0.05) is 70.2 Å². The van der Waals surface area contributed by atoms with Crippen molar-refractivity contribution in [2.24, 2.45) is 0 Å². The molecule has 0 amide bonds. The molecule has 8 aromatic carbocycles. The van der Waals surface area contributed by atoms with Crippen LogP contribution in [0.15, 0.2) is 146 Å². The van der Waals surface area contributed by atoms with Crippen molar-refractivity contribution in [1.82, 2.24) is 0 Å². The molecule has 338 valence electrons. The number of fused-ring (bicyclic) bond motifs is 3. The molecule has 2 aliphatic carbocycles. The van der Waals surface area contributed by atoms with Gasteiger partial charge < -0.3 is 60.5 Å². The van der Waals surface area contributed by atoms with Gasteiger partial charge in [-0.2, -0.15) is 0 Å². The van der Waals surface area contributed by atoms with E-state index in [0.29, 0.717) is 72.7 Å². The Morgan fingerprint density at radius 1 is 0.265 bits per heavy atom. The molecule has 12 rings (SSSR count). The van der Waals surface area contributed by atoms with E-state index in [-0.39, 0.29) is 57.5 Å². The SMILES string of the molecule is Oc1ccc([C@H]2c3c(O)cc(O)cc3[C@@H]3c4c(cc(O)c5c4[C@H]2[C@@H](c2cc(O)cc(O)c2)[C@@H]5c2ccc4c(c2)[C@@H](c2cc(O)cc(O)c2)[C@H](c2ccc(O)cc2)O4)O[C@H]3c2ccc(O)cc2)cc1. The molecule has 10 N–H and O–H groups in total. The van der Waals surface area contributed by atoms with Crippen LogP contribution in [0.5, 0.6) is 69.0 Å². The molecule has 2 heterocycles. The third-order valence-electron chi connectivity index (χ3n) is 14.4. The van der Waals surface area contributed by atoms with Crippen LogP contribution >= 0.6 is 0 Å². The Bertz CT molecular complexity index is 3310. The highest BCUT2D eigenvalue weighted by Gasteiger charge is 2.56. The standard InChI is InChI=1S/C56H42O12/c57-31-8-1-25(2-9-31)46-49-40(22-38(64)23-41(49)65)50-52-44(68-56(50)27-5-12-33(59)13-6-27)24-42(66)51-47(48(53(46)54(51)52)30-17-36(62)21-37(63)18-30)28-7-14-43-39(19-28)45(29-15-34(60)20-35(61)16-29)55(67-43)26-3-10-32(58)11-4-26/h1-24,45-48,50,53,55-66H/t45-,46+,47+,48+,50-,53-,55+,56+/m1/s1. The van der Waals surface area contributed by atoms with Gasteiger partial charge in [-0.3, -0.25) is 0 Å². The third-order valence-corrected chi connectivity index (χ3v) is 14.4. The van der Waals surface area contributed by atoms with Gasteiger partial charge in [-0.25, -0.2) is 0 Å². The molecule has 12 nitrogen and oxygen atoms in total. The van der Waals surface area contributed by atoms with Crippen molar-refractivity contribution >= 4 is 0 Å². The van der Waals surface area contributed by atoms with Gasteiger partial charge in [-0.15, -0.1) is 0 Å². The molecule has 2 aliphatic heterocycles. The predicted molar refractivity (Wildman–Crippen MR) is 248 cm³/mol. The van der Waals surface area contributed by atoms with E-state index >= 15 is 0 Å². The lowest BCUT2D eigenvalue weighted by Gasteiger charge is -2.34. The zero-order valence-electron chi connectivity index (χ0n) is 35.8. The summed E-state index contributed by atoms with van der Waals surface area (Å²) in [7, 11) is 0. The van der Waals surface area contributed by atoms with Crippen LogP contribution in [0.4, 0.5) is 0 Å². The summed E-state index contributed by atoms with van der Waals surface area (Å²) in [6.07, 6.45) is -1.44. The number of hydrogen-bond donors (Lipinski definition) is 10. The van der Waals surface area contributed by atoms with E-state index in [2.05, 4.69) is 0 Å². The fourth-order valence-electron chi connectivity index (χ4n) is 12.0. The summed E-state index contributed by atoms with van der Waals surface area (Å²) in [5, 5.41) is 112. The summed E-state index contributed by atoms with van der Waals surface area (Å²) < 4.78 is 13.6. The van der Waals surface area contributed by atoms with Crippen molar-refractivity contribution in [1.29, 1.82) is 0 Å². The first-order chi connectivity index (χ1) is 32.8. The largest absolute Gasteiger partial charge is 0.508 e. The lowest BCUT2D eigenvalue weighted by molar-refractivity contribution is 0.221. The van der Waals surface area contributed by atoms with Crippen LogP contribution in [0.2, 0.25) is 0 Å². The first-order valence-electron chi connectivity index (χ1n) is 22.1. The van der Waals surface area contributed by atoms with Crippen LogP contribution in [0.25, 0.3) is 0 Å². The van der Waals surface area contributed by atoms with E-state index in [9.17, 15) is 51.1 Å². The molecular formula is C56H42O12. The average Bonchev–Trinajstić information content (AvgIpc) is 3.95. The second-order valence-electron chi connectivity index (χ2n) is 18.3. The number of phenols is 10. The summed E-state index contributed by atoms with van der Waals surface area (Å²) in [5.74, 6) is -4.45. The molecule has 0 aromatic heterocycles. The Morgan fingerprint density at radius 3 is 1.32 bits per heavy atom. The highest BCUT2D eigenvalue weighted by Crippen LogP contribution is 2.71. The van der Waals surface area contributed by atoms with E-state index in [4.69, 9.17) is 9.47 Å². The molecule has 68 heavy (non-hydrogen) atoms. The second kappa shape index (κ2) is 14.9. The fourth-order valence-corrected chi connectivity index (χ4v) is 12.0. The number of hydrogen-bond acceptors (Lipinski definition) is 12. The van der Waals surface area contributed by atoms with E-state index in [1.807, 2.05) is 18.2 Å². The van der Waals surface area contributed by atoms with E-state index in [1.54, 1.807) is 109 Å². The minimum atomic E-state index is -0.772. The molecule has 0 spiro atoms. The highest BCUT2D eigenvalue weighted by molar-refractivity contribution is 5.73. The molecule has 8 aromatic rings. The molecule has 4 aliphatic rings. The first-order valence-corrected chi connectivity index (χ1v) is 22.1. The van der Waals surface area contributed by atoms with Crippen LogP contribution in [0, 0.1) is 0 Å². The minimum absolute atomic E-state index is 0.0117. The molecule has 0 radical (unpaired) electrons. The molecule has 0 fully saturated rings. The van der Waals surface area contributed by atoms with Crippen LogP contribution in [0.1, 0.15) is 114 Å². The Morgan fingerprint density at radius 2 is 0.735 bits per heavy atom. The van der Waals surface area contributed by atoms with Gasteiger partial charge in [-0.05, 0) is 117 Å². The lowest BCUT2D eigenvalue weighted by atomic mass is 9.68. The second-order valence-corrected chi connectivity index (χ2v) is 18.3. The van der Waals surface area contributed by atoms with Gasteiger partial charge in [0.2, 0.25) is 0 Å². The molecular weight excluding hydrogens is 865 g/mol. The van der Waals surface area contributed by atoms with Gasteiger partial charge in [0.25, 0.3) is 0 Å². The monoisotopic (exact) mass is 906 g/mol. The summed E-state index contributed by atoms with van der Waals surface area (Å²) in [6, 6.07) is 38.9. The van der Waals surface area contributed by atoms with Crippen LogP contribution in [-0.4, -0.2) is 51.1 Å². The number of aromatic hydroxyl groups is 10. The highest BCUT2D eigenvalue weighted by atomic mass is 16.5. The van der Waals surface area contributed by atoms with Gasteiger partial charge in [-0.1, -0.05) is 48.5 Å². The van der Waals surface area contributed by atoms with Crippen molar-refractivity contribution in [3.05, 3.63) is 212 Å². The van der Waals surface area contributed by atoms with Crippen molar-refractivity contribution in [3.63, 3.8) is 0 Å². The minimum Gasteiger partial charge on any atom is -0.508 e. The van der Waals surface area contributed by atoms with E-state index in [1.165, 1.54) is 18.2 Å². The summed E-state index contributed by atoms with van der Waals surface area (Å²) in [4.78, 5) is 0. The topological polar surface area (TPSA) is 221 Å². The lowest BCUT2D eigenvalue weighted by Crippen LogP contribution is -2.20. The zero-order valence-corrected chi connectivity index (χ0v) is 35.8. The summed E-state index contributed by atoms with van der Waals surface area (Å²) in [5.41, 5.74) is 7.48. The number of phenolic OH excluding ortho intramolecular Hbond substituents is 10. The quantitative estimate of drug-likeness (QED) is 0.0753. The molecule has 12 heteroatoms. The first kappa shape index (κ1) is 40.8. The summed E-state index contributed by atoms with van der Waals surface area (Å²) >= 11 is 0. The molecule has 0 saturated heterocycles. The number of rotatable bonds is 6. The molecule has 0 unspecified atom stereocenters. The van der Waals surface area contributed by atoms with Gasteiger partial charge in [0.05, 0.1) is 11.8 Å². The van der Waals surface area contributed by atoms with Crippen LogP contribution in [-0.2, 0) is 0 Å². The zero-order chi connectivity index (χ0) is 46.9. The summed E-state index contributed by atoms with van der Waals surface area (Å²) in [6.45, 7) is 0. The Hall–Kier alpha value is -8.64. The average molecular weight is 907 g/mol. The maximum Gasteiger partial charge on any atom is 0.135 e. The van der Waals surface area contributed by atoms with Gasteiger partial charge in [0.1, 0.15) is 81.2 Å². The Balaban J connectivity index is 1.16. The molecule has 8 atom stereocenters. The molecule has 0 bridgehead atoms. The van der Waals surface area contributed by atoms with E-state index < -0.39 is 47.7 Å². The van der Waals surface area contributed by atoms with Crippen LogP contribution in [0.3, 0.4) is 0 Å². The smallest absolute Gasteiger partial charge is 0.135 e. The van der Waals surface area contributed by atoms with Crippen LogP contribution < -0.4 is 9.47 Å². The van der Waals surface area contributed by atoms with Gasteiger partial charge in [0.15, 0.2) is 0 Å². The Labute approximate surface area is 388 Å². The molecule has 0 saturated carbocycles. The third kappa shape index (κ3) is 6.28. The van der Waals surface area contributed by atoms with Crippen molar-refractivity contribution < 1.29 is 60.5 Å². The maximum atomic E-state index is 12.7. The maximum absolute atomic E-state index is 12.7. The normalized spacial score (nSPS) is 22.6. The van der Waals surface area contributed by atoms with Crippen molar-refractivity contribution in [3.8, 4) is 69.0 Å². The van der Waals surface area contributed by atoms with Gasteiger partial charge >= 0.3 is 0 Å². The van der Waals surface area contributed by atoms with E-state index in [0.717, 1.165) is 5.56 Å². The van der Waals surface area contributed by atoms with Crippen molar-refractivity contribution in [2.75, 3.05) is 0 Å². The number of benzene rings is 8.